The van der Waals surface area contributed by atoms with E-state index in [4.69, 9.17) is 21.4 Å². The van der Waals surface area contributed by atoms with Crippen LogP contribution in [0.3, 0.4) is 0 Å². The third-order valence-electron chi connectivity index (χ3n) is 3.66. The molecule has 0 radical (unpaired) electrons. The minimum Gasteiger partial charge on any atom is -0.481 e. The number of hydrogen-bond acceptors (Lipinski definition) is 5. The molecule has 0 aliphatic rings. The quantitative estimate of drug-likeness (QED) is 0.628. The summed E-state index contributed by atoms with van der Waals surface area (Å²) in [5.74, 6) is 0.448. The summed E-state index contributed by atoms with van der Waals surface area (Å²) in [5, 5.41) is 12.6. The molecule has 3 rings (SSSR count). The second kappa shape index (κ2) is 7.40. The number of nitrogens with zero attached hydrogens (tertiary/aromatic N) is 3. The second-order valence-electron chi connectivity index (χ2n) is 5.40. The molecule has 130 valence electrons. The van der Waals surface area contributed by atoms with E-state index in [2.05, 4.69) is 15.3 Å². The van der Waals surface area contributed by atoms with Crippen molar-refractivity contribution >= 4 is 29.0 Å². The van der Waals surface area contributed by atoms with Crippen LogP contribution >= 0.6 is 11.6 Å². The van der Waals surface area contributed by atoms with E-state index in [1.807, 2.05) is 16.5 Å². The minimum absolute atomic E-state index is 0.101. The maximum Gasteiger partial charge on any atom is 0.303 e. The summed E-state index contributed by atoms with van der Waals surface area (Å²) < 4.78 is 6.94. The Morgan fingerprint density at radius 3 is 2.88 bits per heavy atom. The van der Waals surface area contributed by atoms with Gasteiger partial charge in [-0.3, -0.25) is 9.20 Å². The van der Waals surface area contributed by atoms with Gasteiger partial charge < -0.3 is 15.2 Å². The van der Waals surface area contributed by atoms with Crippen molar-refractivity contribution in [3.05, 3.63) is 41.7 Å². The summed E-state index contributed by atoms with van der Waals surface area (Å²) in [6, 6.07) is 7.23. The Balaban J connectivity index is 1.97. The van der Waals surface area contributed by atoms with E-state index >= 15 is 0 Å². The summed E-state index contributed by atoms with van der Waals surface area (Å²) >= 11 is 6.11. The topological polar surface area (TPSA) is 88.8 Å². The number of nitrogens with one attached hydrogen (secondary N) is 1. The zero-order valence-electron chi connectivity index (χ0n) is 13.6. The van der Waals surface area contributed by atoms with E-state index in [1.165, 1.54) is 0 Å². The SMILES string of the molecule is COc1ccc(-c2nc3ccc(Cl)cn3c2NCCCC(=O)O)cn1. The second-order valence-corrected chi connectivity index (χ2v) is 5.83. The van der Waals surface area contributed by atoms with Crippen LogP contribution in [0, 0.1) is 0 Å². The minimum atomic E-state index is -0.817. The third kappa shape index (κ3) is 3.83. The van der Waals surface area contributed by atoms with Gasteiger partial charge in [0, 0.05) is 37.0 Å². The fourth-order valence-electron chi connectivity index (χ4n) is 2.48. The van der Waals surface area contributed by atoms with Crippen molar-refractivity contribution in [2.75, 3.05) is 19.0 Å². The number of imidazole rings is 1. The van der Waals surface area contributed by atoms with Crippen molar-refractivity contribution in [3.8, 4) is 17.1 Å². The van der Waals surface area contributed by atoms with Gasteiger partial charge in [-0.25, -0.2) is 9.97 Å². The molecule has 3 aromatic heterocycles. The molecule has 0 spiro atoms. The molecular formula is C17H17ClN4O3. The number of halogens is 1. The highest BCUT2D eigenvalue weighted by molar-refractivity contribution is 6.30. The number of ether oxygens (including phenoxy) is 1. The Bertz CT molecular complexity index is 893. The lowest BCUT2D eigenvalue weighted by atomic mass is 10.2. The van der Waals surface area contributed by atoms with Gasteiger partial charge in [-0.1, -0.05) is 11.6 Å². The Morgan fingerprint density at radius 1 is 1.36 bits per heavy atom. The molecule has 0 aliphatic heterocycles. The fourth-order valence-corrected chi connectivity index (χ4v) is 2.64. The lowest BCUT2D eigenvalue weighted by molar-refractivity contribution is -0.137. The van der Waals surface area contributed by atoms with E-state index in [0.29, 0.717) is 29.6 Å². The zero-order chi connectivity index (χ0) is 17.8. The van der Waals surface area contributed by atoms with Gasteiger partial charge in [0.1, 0.15) is 17.2 Å². The van der Waals surface area contributed by atoms with Crippen molar-refractivity contribution in [2.45, 2.75) is 12.8 Å². The summed E-state index contributed by atoms with van der Waals surface area (Å²) in [7, 11) is 1.56. The first-order valence-electron chi connectivity index (χ1n) is 7.72. The monoisotopic (exact) mass is 360 g/mol. The van der Waals surface area contributed by atoms with Gasteiger partial charge in [-0.05, 0) is 24.6 Å². The Hall–Kier alpha value is -2.80. The standard InChI is InChI=1S/C17H17ClN4O3/c1-25-14-7-4-11(9-20-14)16-17(19-8-2-3-15(23)24)22-10-12(18)5-6-13(22)21-16/h4-7,9-10,19H,2-3,8H2,1H3,(H,23,24). The number of carboxylic acid groups (broad SMARTS) is 1. The molecule has 0 unspecified atom stereocenters. The normalized spacial score (nSPS) is 10.8. The number of pyridine rings is 2. The number of carboxylic acids is 1. The summed E-state index contributed by atoms with van der Waals surface area (Å²) in [6.45, 7) is 0.503. The molecule has 0 fully saturated rings. The predicted octanol–water partition coefficient (Wildman–Crippen LogP) is 3.34. The number of rotatable bonds is 7. The van der Waals surface area contributed by atoms with Gasteiger partial charge in [0.2, 0.25) is 5.88 Å². The first kappa shape index (κ1) is 17.0. The predicted molar refractivity (Wildman–Crippen MR) is 95.3 cm³/mol. The molecule has 25 heavy (non-hydrogen) atoms. The summed E-state index contributed by atoms with van der Waals surface area (Å²) in [6.07, 6.45) is 4.06. The Morgan fingerprint density at radius 2 is 2.20 bits per heavy atom. The van der Waals surface area contributed by atoms with Gasteiger partial charge in [0.05, 0.1) is 12.1 Å². The number of hydrogen-bond donors (Lipinski definition) is 2. The van der Waals surface area contributed by atoms with Gasteiger partial charge in [-0.15, -0.1) is 0 Å². The first-order valence-corrected chi connectivity index (χ1v) is 8.10. The van der Waals surface area contributed by atoms with Crippen LogP contribution in [0.15, 0.2) is 36.7 Å². The van der Waals surface area contributed by atoms with E-state index < -0.39 is 5.97 Å². The van der Waals surface area contributed by atoms with Crippen LogP contribution in [0.4, 0.5) is 5.82 Å². The van der Waals surface area contributed by atoms with Gasteiger partial charge >= 0.3 is 5.97 Å². The molecule has 2 N–H and O–H groups in total. The fraction of sp³-hybridized carbons (Fsp3) is 0.235. The van der Waals surface area contributed by atoms with Gasteiger partial charge in [0.15, 0.2) is 0 Å². The van der Waals surface area contributed by atoms with Crippen molar-refractivity contribution < 1.29 is 14.6 Å². The molecule has 0 saturated heterocycles. The summed E-state index contributed by atoms with van der Waals surface area (Å²) in [5.41, 5.74) is 2.27. The number of methoxy groups -OCH3 is 1. The molecule has 0 aromatic carbocycles. The third-order valence-corrected chi connectivity index (χ3v) is 3.88. The van der Waals surface area contributed by atoms with Crippen LogP contribution in [-0.2, 0) is 4.79 Å². The number of fused-ring (bicyclic) bond motifs is 1. The van der Waals surface area contributed by atoms with Crippen molar-refractivity contribution in [2.24, 2.45) is 0 Å². The van der Waals surface area contributed by atoms with Crippen molar-refractivity contribution in [1.82, 2.24) is 14.4 Å². The average Bonchev–Trinajstić information content (AvgIpc) is 2.96. The highest BCUT2D eigenvalue weighted by Gasteiger charge is 2.15. The largest absolute Gasteiger partial charge is 0.481 e. The number of aromatic nitrogens is 3. The number of anilines is 1. The van der Waals surface area contributed by atoms with Crippen LogP contribution in [0.25, 0.3) is 16.9 Å². The van der Waals surface area contributed by atoms with Crippen LogP contribution in [-0.4, -0.2) is 39.1 Å². The molecule has 8 heteroatoms. The number of carbonyl (C=O) groups is 1. The molecular weight excluding hydrogens is 344 g/mol. The zero-order valence-corrected chi connectivity index (χ0v) is 14.3. The maximum absolute atomic E-state index is 10.7. The first-order chi connectivity index (χ1) is 12.1. The van der Waals surface area contributed by atoms with Gasteiger partial charge in [-0.2, -0.15) is 0 Å². The Labute approximate surface area is 149 Å². The van der Waals surface area contributed by atoms with Crippen LogP contribution < -0.4 is 10.1 Å². The van der Waals surface area contributed by atoms with Crippen molar-refractivity contribution in [1.29, 1.82) is 0 Å². The lowest BCUT2D eigenvalue weighted by Crippen LogP contribution is -2.07. The van der Waals surface area contributed by atoms with Crippen LogP contribution in [0.2, 0.25) is 5.02 Å². The molecule has 0 amide bonds. The van der Waals surface area contributed by atoms with Gasteiger partial charge in [0.25, 0.3) is 0 Å². The smallest absolute Gasteiger partial charge is 0.303 e. The van der Waals surface area contributed by atoms with E-state index in [9.17, 15) is 4.79 Å². The highest BCUT2D eigenvalue weighted by Crippen LogP contribution is 2.30. The van der Waals surface area contributed by atoms with Crippen LogP contribution in [0.5, 0.6) is 5.88 Å². The molecule has 0 saturated carbocycles. The summed E-state index contributed by atoms with van der Waals surface area (Å²) in [4.78, 5) is 19.5. The molecule has 3 aromatic rings. The molecule has 0 atom stereocenters. The molecule has 3 heterocycles. The van der Waals surface area contributed by atoms with E-state index in [0.717, 1.165) is 17.0 Å². The molecule has 7 nitrogen and oxygen atoms in total. The highest BCUT2D eigenvalue weighted by atomic mass is 35.5. The molecule has 0 bridgehead atoms. The average molecular weight is 361 g/mol. The van der Waals surface area contributed by atoms with E-state index in [1.54, 1.807) is 31.6 Å². The van der Waals surface area contributed by atoms with Crippen LogP contribution in [0.1, 0.15) is 12.8 Å². The van der Waals surface area contributed by atoms with Crippen molar-refractivity contribution in [3.63, 3.8) is 0 Å². The maximum atomic E-state index is 10.7. The lowest BCUT2D eigenvalue weighted by Gasteiger charge is -2.08. The Kier molecular flexibility index (Phi) is 5.04. The number of aliphatic carboxylic acids is 1. The molecule has 0 aliphatic carbocycles. The van der Waals surface area contributed by atoms with E-state index in [-0.39, 0.29) is 6.42 Å².